The van der Waals surface area contributed by atoms with Crippen molar-refractivity contribution in [1.29, 1.82) is 0 Å². The Bertz CT molecular complexity index is 1770. The van der Waals surface area contributed by atoms with Gasteiger partial charge in [-0.25, -0.2) is 18.0 Å². The number of hydrogen-bond acceptors (Lipinski definition) is 7. The van der Waals surface area contributed by atoms with E-state index in [9.17, 15) is 13.0 Å². The summed E-state index contributed by atoms with van der Waals surface area (Å²) in [5.41, 5.74) is 2.91. The molecule has 0 spiro atoms. The van der Waals surface area contributed by atoms with Crippen molar-refractivity contribution in [3.05, 3.63) is 54.2 Å². The van der Waals surface area contributed by atoms with Crippen molar-refractivity contribution in [1.82, 2.24) is 14.9 Å². The Morgan fingerprint density at radius 3 is 2.62 bits per heavy atom. The molecule has 1 aliphatic carbocycles. The lowest BCUT2D eigenvalue weighted by Gasteiger charge is -2.24. The third-order valence-electron chi connectivity index (χ3n) is 7.23. The average Bonchev–Trinajstić information content (AvgIpc) is 3.72. The van der Waals surface area contributed by atoms with Gasteiger partial charge in [0.25, 0.3) is 0 Å². The number of hydrogen-bond donors (Lipinski definition) is 3. The zero-order chi connectivity index (χ0) is 30.3. The third-order valence-corrected chi connectivity index (χ3v) is 10.0. The summed E-state index contributed by atoms with van der Waals surface area (Å²) in [6, 6.07) is 11.6. The van der Waals surface area contributed by atoms with Crippen molar-refractivity contribution >= 4 is 39.6 Å². The Morgan fingerprint density at radius 2 is 1.93 bits per heavy atom. The van der Waals surface area contributed by atoms with E-state index in [0.29, 0.717) is 52.4 Å². The highest BCUT2D eigenvalue weighted by atomic mass is 32.2. The van der Waals surface area contributed by atoms with Crippen LogP contribution in [0.5, 0.6) is 5.75 Å². The predicted molar refractivity (Wildman–Crippen MR) is 154 cm³/mol. The molecule has 2 aromatic heterocycles. The number of aromatic nitrogens is 2. The number of alkyl halides is 2. The van der Waals surface area contributed by atoms with Crippen LogP contribution in [0.25, 0.3) is 33.1 Å². The quantitative estimate of drug-likeness (QED) is 0.166. The molecule has 42 heavy (non-hydrogen) atoms. The van der Waals surface area contributed by atoms with Crippen LogP contribution in [0, 0.1) is 6.92 Å². The highest BCUT2D eigenvalue weighted by molar-refractivity contribution is 7.92. The average molecular weight is 624 g/mol. The summed E-state index contributed by atoms with van der Waals surface area (Å²) in [5.74, 6) is -0.0935. The molecule has 10 nitrogen and oxygen atoms in total. The van der Waals surface area contributed by atoms with Crippen LogP contribution in [0.4, 0.5) is 8.78 Å². The first-order chi connectivity index (χ1) is 19.8. The molecule has 3 N–H and O–H groups in total. The minimum Gasteiger partial charge on any atom is -0.430 e. The number of benzene rings is 2. The van der Waals surface area contributed by atoms with E-state index in [1.165, 1.54) is 6.07 Å². The van der Waals surface area contributed by atoms with Gasteiger partial charge in [-0.15, -0.1) is 0 Å². The Morgan fingerprint density at radius 1 is 1.17 bits per heavy atom. The van der Waals surface area contributed by atoms with Gasteiger partial charge in [-0.1, -0.05) is 19.1 Å². The molecule has 226 valence electrons. The summed E-state index contributed by atoms with van der Waals surface area (Å²) >= 11 is 0. The molecule has 0 saturated heterocycles. The van der Waals surface area contributed by atoms with E-state index in [4.69, 9.17) is 14.5 Å². The lowest BCUT2D eigenvalue weighted by atomic mass is 9.99. The maximum atomic E-state index is 15.2. The summed E-state index contributed by atoms with van der Waals surface area (Å²) < 4.78 is 76.8. The number of aromatic amines is 1. The number of ether oxygens (including phenoxy) is 1. The Labute approximate surface area is 241 Å². The number of pyridine rings is 1. The molecule has 4 aromatic rings. The lowest BCUT2D eigenvalue weighted by Crippen LogP contribution is -2.34. The third kappa shape index (κ3) is 6.82. The van der Waals surface area contributed by atoms with Gasteiger partial charge in [-0.3, -0.25) is 4.52 Å². The van der Waals surface area contributed by atoms with E-state index in [1.807, 2.05) is 13.0 Å². The van der Waals surface area contributed by atoms with Crippen LogP contribution in [-0.4, -0.2) is 70.7 Å². The summed E-state index contributed by atoms with van der Waals surface area (Å²) in [6.07, 6.45) is -1.32. The topological polar surface area (TPSA) is 142 Å². The van der Waals surface area contributed by atoms with E-state index >= 15 is 8.78 Å². The number of nitrogens with one attached hydrogen (secondary N) is 1. The molecular formula is C28H32F2N3O7PS. The van der Waals surface area contributed by atoms with Crippen LogP contribution in [0.15, 0.2) is 53.6 Å². The number of sulfone groups is 1. The van der Waals surface area contributed by atoms with E-state index in [1.54, 1.807) is 48.4 Å². The summed E-state index contributed by atoms with van der Waals surface area (Å²) in [6.45, 7) is 3.61. The molecule has 0 atom stereocenters. The molecule has 1 aliphatic rings. The van der Waals surface area contributed by atoms with E-state index < -0.39 is 30.2 Å². The number of rotatable bonds is 13. The Hall–Kier alpha value is -2.93. The molecule has 5 rings (SSSR count). The zero-order valence-electron chi connectivity index (χ0n) is 23.1. The van der Waals surface area contributed by atoms with Crippen molar-refractivity contribution in [2.24, 2.45) is 0 Å². The van der Waals surface area contributed by atoms with Crippen LogP contribution in [-0.2, 0) is 18.9 Å². The molecule has 0 unspecified atom stereocenters. The number of fused-ring (bicyclic) bond motifs is 3. The zero-order valence-corrected chi connectivity index (χ0v) is 24.8. The van der Waals surface area contributed by atoms with Gasteiger partial charge in [0.05, 0.1) is 28.7 Å². The van der Waals surface area contributed by atoms with Gasteiger partial charge >= 0.3 is 13.9 Å². The molecule has 0 bridgehead atoms. The molecule has 1 fully saturated rings. The number of halogens is 2. The van der Waals surface area contributed by atoms with Gasteiger partial charge in [0.2, 0.25) is 0 Å². The first-order valence-corrected chi connectivity index (χ1v) is 16.6. The van der Waals surface area contributed by atoms with Gasteiger partial charge in [0, 0.05) is 30.1 Å². The van der Waals surface area contributed by atoms with Gasteiger partial charge in [-0.05, 0) is 73.3 Å². The van der Waals surface area contributed by atoms with Crippen LogP contribution in [0.3, 0.4) is 0 Å². The number of phosphoric ester groups is 1. The second-order valence-electron chi connectivity index (χ2n) is 10.4. The minimum absolute atomic E-state index is 0.0548. The largest absolute Gasteiger partial charge is 0.469 e. The first-order valence-electron chi connectivity index (χ1n) is 13.5. The molecule has 14 heteroatoms. The van der Waals surface area contributed by atoms with E-state index in [0.717, 1.165) is 5.56 Å². The monoisotopic (exact) mass is 623 g/mol. The van der Waals surface area contributed by atoms with Crippen LogP contribution >= 0.6 is 7.82 Å². The lowest BCUT2D eigenvalue weighted by molar-refractivity contribution is -0.182. The van der Waals surface area contributed by atoms with Gasteiger partial charge in [-0.2, -0.15) is 8.78 Å². The second kappa shape index (κ2) is 11.6. The second-order valence-corrected chi connectivity index (χ2v) is 13.9. The smallest absolute Gasteiger partial charge is 0.430 e. The summed E-state index contributed by atoms with van der Waals surface area (Å²) in [5, 5.41) is 0.902. The number of phosphoric acid groups is 1. The van der Waals surface area contributed by atoms with Crippen LogP contribution in [0.1, 0.15) is 31.7 Å². The van der Waals surface area contributed by atoms with E-state index in [2.05, 4.69) is 14.5 Å². The highest BCUT2D eigenvalue weighted by Crippen LogP contribution is 2.42. The number of aryl methyl sites for hydroxylation is 1. The van der Waals surface area contributed by atoms with Crippen LogP contribution in [0.2, 0.25) is 0 Å². The first kappa shape index (κ1) is 30.5. The standard InChI is InChI=1S/C28H32F2N3O7PS/c1-3-33(13-14-39-41(34,35)36)12-11-28(29,30)40-24-10-9-22(25-23-15-18(2)17-31-27(23)32-26(24)25)19-5-4-6-21(16-19)42(37,38)20-7-8-20/h4-6,9-10,15-17,20H,3,7-8,11-14H2,1-2H3,(H,31,32)(H2,34,35,36). The predicted octanol–water partition coefficient (Wildman–Crippen LogP) is 5.42. The Kier molecular flexibility index (Phi) is 8.45. The number of likely N-dealkylation sites (N-methyl/N-ethyl adjacent to an activating group) is 1. The van der Waals surface area contributed by atoms with Gasteiger partial charge < -0.3 is 24.4 Å². The van der Waals surface area contributed by atoms with Crippen molar-refractivity contribution in [3.63, 3.8) is 0 Å². The summed E-state index contributed by atoms with van der Waals surface area (Å²) in [7, 11) is -8.09. The highest BCUT2D eigenvalue weighted by Gasteiger charge is 2.37. The number of H-pyrrole nitrogens is 1. The van der Waals surface area contributed by atoms with Crippen molar-refractivity contribution in [3.8, 4) is 16.9 Å². The molecular weight excluding hydrogens is 591 g/mol. The normalized spacial score (nSPS) is 14.7. The van der Waals surface area contributed by atoms with Crippen molar-refractivity contribution in [2.75, 3.05) is 26.2 Å². The molecule has 2 heterocycles. The number of nitrogens with zero attached hydrogens (tertiary/aromatic N) is 2. The Balaban J connectivity index is 1.47. The van der Waals surface area contributed by atoms with Gasteiger partial charge in [0.1, 0.15) is 5.65 Å². The molecule has 1 saturated carbocycles. The summed E-state index contributed by atoms with van der Waals surface area (Å²) in [4.78, 5) is 27.0. The molecule has 2 aromatic carbocycles. The fourth-order valence-electron chi connectivity index (χ4n) is 4.92. The van der Waals surface area contributed by atoms with Gasteiger partial charge in [0.15, 0.2) is 15.6 Å². The van der Waals surface area contributed by atoms with Crippen LogP contribution < -0.4 is 4.74 Å². The fraction of sp³-hybridized carbons (Fsp3) is 0.393. The van der Waals surface area contributed by atoms with Crippen molar-refractivity contribution in [2.45, 2.75) is 49.4 Å². The minimum atomic E-state index is -4.65. The maximum absolute atomic E-state index is 15.2. The van der Waals surface area contributed by atoms with Crippen molar-refractivity contribution < 1.29 is 40.8 Å². The maximum Gasteiger partial charge on any atom is 0.469 e. The SMILES string of the molecule is CCN(CCOP(=O)(O)O)CCC(F)(F)Oc1ccc(-c2cccc(S(=O)(=O)C3CC3)c2)c2c1[nH]c1ncc(C)cc12. The molecule has 0 aliphatic heterocycles. The van der Waals surface area contributed by atoms with E-state index in [-0.39, 0.29) is 35.6 Å². The molecule has 0 amide bonds. The fourth-order valence-corrected chi connectivity index (χ4v) is 6.94. The molecule has 0 radical (unpaired) electrons.